The highest BCUT2D eigenvalue weighted by Crippen LogP contribution is 2.47. The van der Waals surface area contributed by atoms with Gasteiger partial charge in [0, 0.05) is 23.9 Å². The van der Waals surface area contributed by atoms with Crippen molar-refractivity contribution in [2.24, 2.45) is 0 Å². The number of alkyl halides is 3. The third-order valence-electron chi connectivity index (χ3n) is 5.83. The molecule has 4 aromatic rings. The monoisotopic (exact) mass is 481 g/mol. The fraction of sp³-hybridized carbons (Fsp3) is 0.160. The molecule has 0 saturated carbocycles. The van der Waals surface area contributed by atoms with E-state index in [2.05, 4.69) is 14.7 Å². The lowest BCUT2D eigenvalue weighted by Crippen LogP contribution is -2.50. The van der Waals surface area contributed by atoms with Gasteiger partial charge in [0.25, 0.3) is 0 Å². The molecule has 5 rings (SSSR count). The molecule has 7 nitrogen and oxygen atoms in total. The molecule has 1 atom stereocenters. The average molecular weight is 481 g/mol. The summed E-state index contributed by atoms with van der Waals surface area (Å²) < 4.78 is 53.2. The summed E-state index contributed by atoms with van der Waals surface area (Å²) in [6.07, 6.45) is 0.682. The molecule has 3 heterocycles. The molecular formula is C25H18F3N3O4. The summed E-state index contributed by atoms with van der Waals surface area (Å²) in [4.78, 5) is 22.6. The number of anilines is 1. The average Bonchev–Trinajstić information content (AvgIpc) is 3.40. The fourth-order valence-electron chi connectivity index (χ4n) is 4.35. The number of fused-ring (bicyclic) bond motifs is 1. The first-order valence-electron chi connectivity index (χ1n) is 10.6. The quantitative estimate of drug-likeness (QED) is 0.347. The molecule has 0 aliphatic carbocycles. The van der Waals surface area contributed by atoms with E-state index in [9.17, 15) is 18.0 Å². The molecule has 0 spiro atoms. The van der Waals surface area contributed by atoms with E-state index in [1.807, 2.05) is 0 Å². The Bertz CT molecular complexity index is 1310. The summed E-state index contributed by atoms with van der Waals surface area (Å²) in [7, 11) is 0. The maximum Gasteiger partial charge on any atom is 0.573 e. The van der Waals surface area contributed by atoms with Crippen LogP contribution in [-0.4, -0.2) is 29.3 Å². The first kappa shape index (κ1) is 22.5. The van der Waals surface area contributed by atoms with E-state index >= 15 is 0 Å². The van der Waals surface area contributed by atoms with Crippen LogP contribution in [0.1, 0.15) is 17.7 Å². The number of amides is 1. The Balaban J connectivity index is 1.62. The smallest absolute Gasteiger partial charge is 0.491 e. The van der Waals surface area contributed by atoms with Crippen LogP contribution in [0, 0.1) is 0 Å². The predicted molar refractivity (Wildman–Crippen MR) is 119 cm³/mol. The molecule has 0 bridgehead atoms. The minimum absolute atomic E-state index is 0.264. The molecule has 1 aliphatic heterocycles. The van der Waals surface area contributed by atoms with Gasteiger partial charge in [-0.25, -0.2) is 4.98 Å². The van der Waals surface area contributed by atoms with Gasteiger partial charge in [-0.1, -0.05) is 12.1 Å². The third kappa shape index (κ3) is 4.18. The zero-order valence-electron chi connectivity index (χ0n) is 18.1. The van der Waals surface area contributed by atoms with Gasteiger partial charge in [0.1, 0.15) is 22.7 Å². The van der Waals surface area contributed by atoms with Gasteiger partial charge >= 0.3 is 6.36 Å². The molecule has 2 aromatic carbocycles. The number of rotatable bonds is 6. The second kappa shape index (κ2) is 8.79. The number of nitrogens with zero attached hydrogens (tertiary/aromatic N) is 3. The van der Waals surface area contributed by atoms with Crippen LogP contribution in [0.25, 0.3) is 11.3 Å². The molecule has 35 heavy (non-hydrogen) atoms. The molecule has 1 aliphatic rings. The Morgan fingerprint density at radius 3 is 2.49 bits per heavy atom. The van der Waals surface area contributed by atoms with Crippen molar-refractivity contribution in [1.29, 1.82) is 0 Å². The van der Waals surface area contributed by atoms with Crippen LogP contribution in [0.2, 0.25) is 0 Å². The fourth-order valence-corrected chi connectivity index (χ4v) is 4.35. The summed E-state index contributed by atoms with van der Waals surface area (Å²) in [5.41, 5.74) is 1.22. The number of benzene rings is 2. The second-order valence-electron chi connectivity index (χ2n) is 7.77. The van der Waals surface area contributed by atoms with E-state index in [1.54, 1.807) is 48.8 Å². The van der Waals surface area contributed by atoms with Gasteiger partial charge in [-0.2, -0.15) is 0 Å². The predicted octanol–water partition coefficient (Wildman–Crippen LogP) is 5.32. The molecular weight excluding hydrogens is 463 g/mol. The van der Waals surface area contributed by atoms with E-state index in [0.717, 1.165) is 5.56 Å². The van der Waals surface area contributed by atoms with Crippen molar-refractivity contribution >= 4 is 12.1 Å². The van der Waals surface area contributed by atoms with Crippen molar-refractivity contribution < 1.29 is 31.9 Å². The first-order chi connectivity index (χ1) is 16.9. The number of hydrogen-bond donors (Lipinski definition) is 0. The maximum absolute atomic E-state index is 12.7. The highest BCUT2D eigenvalue weighted by Gasteiger charge is 2.46. The molecule has 178 valence electrons. The molecule has 0 saturated heterocycles. The van der Waals surface area contributed by atoms with Gasteiger partial charge in [0.2, 0.25) is 6.41 Å². The Morgan fingerprint density at radius 2 is 1.83 bits per heavy atom. The van der Waals surface area contributed by atoms with E-state index in [0.29, 0.717) is 41.3 Å². The summed E-state index contributed by atoms with van der Waals surface area (Å²) in [5, 5.41) is 0. The zero-order chi connectivity index (χ0) is 24.5. The lowest BCUT2D eigenvalue weighted by atomic mass is 9.79. The van der Waals surface area contributed by atoms with Crippen molar-refractivity contribution in [2.45, 2.75) is 18.3 Å². The van der Waals surface area contributed by atoms with Crippen LogP contribution in [-0.2, 0) is 10.3 Å². The summed E-state index contributed by atoms with van der Waals surface area (Å²) >= 11 is 0. The molecule has 1 unspecified atom stereocenters. The van der Waals surface area contributed by atoms with Crippen molar-refractivity contribution in [3.05, 3.63) is 90.7 Å². The molecule has 1 amide bonds. The standard InChI is InChI=1S/C25H18F3N3O4/c26-25(27,28)35-20-9-5-18(6-10-20)24(11-13-33-21-2-1-12-30-23(21)24)31(16-32)19-7-3-17(4-8-19)22-14-29-15-34-22/h1-10,12,14-16H,11,13H2. The Morgan fingerprint density at radius 1 is 1.06 bits per heavy atom. The zero-order valence-corrected chi connectivity index (χ0v) is 18.1. The Labute approximate surface area is 197 Å². The summed E-state index contributed by atoms with van der Waals surface area (Å²) in [5.74, 6) is 0.695. The Hall–Kier alpha value is -4.34. The lowest BCUT2D eigenvalue weighted by Gasteiger charge is -2.44. The topological polar surface area (TPSA) is 77.7 Å². The van der Waals surface area contributed by atoms with E-state index < -0.39 is 11.9 Å². The number of aromatic nitrogens is 2. The van der Waals surface area contributed by atoms with Crippen LogP contribution in [0.5, 0.6) is 11.5 Å². The number of oxazole rings is 1. The van der Waals surface area contributed by atoms with Gasteiger partial charge < -0.3 is 13.9 Å². The SMILES string of the molecule is O=CN(c1ccc(-c2cnco2)cc1)C1(c2ccc(OC(F)(F)F)cc2)CCOc2cccnc21. The summed E-state index contributed by atoms with van der Waals surface area (Å²) in [6, 6.07) is 16.0. The number of carbonyl (C=O) groups excluding carboxylic acids is 1. The normalized spacial score (nSPS) is 17.2. The number of ether oxygens (including phenoxy) is 2. The maximum atomic E-state index is 12.7. The van der Waals surface area contributed by atoms with Crippen LogP contribution in [0.3, 0.4) is 0 Å². The van der Waals surface area contributed by atoms with Gasteiger partial charge in [0.05, 0.1) is 12.8 Å². The minimum atomic E-state index is -4.81. The molecule has 0 N–H and O–H groups in total. The first-order valence-corrected chi connectivity index (χ1v) is 10.6. The van der Waals surface area contributed by atoms with Crippen molar-refractivity contribution in [2.75, 3.05) is 11.5 Å². The highest BCUT2D eigenvalue weighted by atomic mass is 19.4. The van der Waals surface area contributed by atoms with E-state index in [-0.39, 0.29) is 12.4 Å². The molecule has 0 fully saturated rings. The number of hydrogen-bond acceptors (Lipinski definition) is 6. The number of halogens is 3. The second-order valence-corrected chi connectivity index (χ2v) is 7.77. The number of pyridine rings is 1. The third-order valence-corrected chi connectivity index (χ3v) is 5.83. The number of carbonyl (C=O) groups is 1. The van der Waals surface area contributed by atoms with Gasteiger partial charge in [-0.3, -0.25) is 14.7 Å². The summed E-state index contributed by atoms with van der Waals surface area (Å²) in [6.45, 7) is 0.264. The van der Waals surface area contributed by atoms with E-state index in [4.69, 9.17) is 9.15 Å². The van der Waals surface area contributed by atoms with Gasteiger partial charge in [-0.05, 0) is 54.1 Å². The van der Waals surface area contributed by atoms with Gasteiger partial charge in [0.15, 0.2) is 12.2 Å². The van der Waals surface area contributed by atoms with E-state index in [1.165, 1.54) is 35.6 Å². The van der Waals surface area contributed by atoms with Gasteiger partial charge in [-0.15, -0.1) is 13.2 Å². The lowest BCUT2D eigenvalue weighted by molar-refractivity contribution is -0.274. The van der Waals surface area contributed by atoms with Crippen molar-refractivity contribution in [3.8, 4) is 22.8 Å². The van der Waals surface area contributed by atoms with Crippen LogP contribution in [0.4, 0.5) is 18.9 Å². The van der Waals surface area contributed by atoms with Crippen molar-refractivity contribution in [3.63, 3.8) is 0 Å². The largest absolute Gasteiger partial charge is 0.573 e. The highest BCUT2D eigenvalue weighted by molar-refractivity contribution is 5.81. The molecule has 10 heteroatoms. The van der Waals surface area contributed by atoms with Crippen LogP contribution >= 0.6 is 0 Å². The minimum Gasteiger partial charge on any atom is -0.491 e. The molecule has 2 aromatic heterocycles. The molecule has 0 radical (unpaired) electrons. The van der Waals surface area contributed by atoms with Crippen molar-refractivity contribution in [1.82, 2.24) is 9.97 Å². The van der Waals surface area contributed by atoms with Crippen LogP contribution in [0.15, 0.2) is 83.9 Å². The van der Waals surface area contributed by atoms with Crippen LogP contribution < -0.4 is 14.4 Å². The Kier molecular flexibility index (Phi) is 5.64.